The van der Waals surface area contributed by atoms with Gasteiger partial charge in [-0.1, -0.05) is 36.4 Å². The Morgan fingerprint density at radius 1 is 0.923 bits per heavy atom. The Balaban J connectivity index is 1.53. The van der Waals surface area contributed by atoms with E-state index in [2.05, 4.69) is 40.4 Å². The van der Waals surface area contributed by atoms with Crippen molar-refractivity contribution in [1.82, 2.24) is 4.98 Å². The minimum absolute atomic E-state index is 0.127. The van der Waals surface area contributed by atoms with Gasteiger partial charge in [0.15, 0.2) is 5.41 Å². The number of hydrogen-bond acceptors (Lipinski definition) is 3. The first-order valence-corrected chi connectivity index (χ1v) is 9.38. The predicted molar refractivity (Wildman–Crippen MR) is 99.3 cm³/mol. The highest BCUT2D eigenvalue weighted by Crippen LogP contribution is 2.23. The molecule has 0 aliphatic carbocycles. The molecule has 5 heterocycles. The van der Waals surface area contributed by atoms with Crippen LogP contribution in [0, 0.1) is 5.41 Å². The van der Waals surface area contributed by atoms with Gasteiger partial charge in [0, 0.05) is 18.0 Å². The Labute approximate surface area is 153 Å². The van der Waals surface area contributed by atoms with Crippen molar-refractivity contribution >= 4 is 11.9 Å². The quantitative estimate of drug-likeness (QED) is 0.414. The molecule has 0 unspecified atom stereocenters. The highest BCUT2D eigenvalue weighted by Gasteiger charge is 2.60. The lowest BCUT2D eigenvalue weighted by Gasteiger charge is -2.52. The number of hydrogen-bond donors (Lipinski definition) is 3. The molecular formula is C20H25N6+3. The van der Waals surface area contributed by atoms with Gasteiger partial charge in [-0.05, 0) is 11.6 Å². The monoisotopic (exact) mass is 349 g/mol. The first-order chi connectivity index (χ1) is 12.8. The lowest BCUT2D eigenvalue weighted by Crippen LogP contribution is -3.56. The van der Waals surface area contributed by atoms with Gasteiger partial charge in [-0.2, -0.15) is 10.2 Å². The minimum Gasteiger partial charge on any atom is -0.264 e. The standard InChI is InChI=1S/C20H22N6/c1-2-6-18(7-3-1)19(23-22-10-17-5-4-8-21-9-17)20-11-24-14-25(12-20)16-26(13-20)15-24/h1-10H,11-16H2/p+3/b22-10-,23-19+. The SMILES string of the molecule is C(=N/N=C(\c1ccccc1)C12C[NH+]3C[NH+](C[NH+](C3)C1)C2)/c1cccnc1. The van der Waals surface area contributed by atoms with Crippen molar-refractivity contribution in [3.63, 3.8) is 0 Å². The van der Waals surface area contributed by atoms with E-state index in [9.17, 15) is 0 Å². The van der Waals surface area contributed by atoms with Gasteiger partial charge in [0.05, 0.1) is 11.9 Å². The molecule has 6 heteroatoms. The van der Waals surface area contributed by atoms with Gasteiger partial charge in [-0.25, -0.2) is 14.7 Å². The van der Waals surface area contributed by atoms with E-state index in [1.165, 1.54) is 45.2 Å². The third-order valence-corrected chi connectivity index (χ3v) is 5.86. The largest absolute Gasteiger partial charge is 0.264 e. The molecule has 1 aromatic heterocycles. The number of nitrogens with zero attached hydrogens (tertiary/aromatic N) is 3. The third kappa shape index (κ3) is 2.86. The Morgan fingerprint density at radius 3 is 2.23 bits per heavy atom. The summed E-state index contributed by atoms with van der Waals surface area (Å²) in [6.45, 7) is 7.30. The fourth-order valence-electron chi connectivity index (χ4n) is 5.17. The predicted octanol–water partition coefficient (Wildman–Crippen LogP) is -2.54. The second-order valence-electron chi connectivity index (χ2n) is 7.94. The van der Waals surface area contributed by atoms with Gasteiger partial charge >= 0.3 is 0 Å². The summed E-state index contributed by atoms with van der Waals surface area (Å²) in [6.07, 6.45) is 5.40. The molecule has 4 saturated heterocycles. The van der Waals surface area contributed by atoms with Crippen LogP contribution in [-0.4, -0.2) is 56.6 Å². The summed E-state index contributed by atoms with van der Waals surface area (Å²) in [7, 11) is 0. The van der Waals surface area contributed by atoms with E-state index in [0.29, 0.717) is 0 Å². The number of aromatic nitrogens is 1. The fourth-order valence-corrected chi connectivity index (χ4v) is 5.17. The normalized spacial score (nSPS) is 33.1. The van der Waals surface area contributed by atoms with Crippen molar-refractivity contribution in [2.45, 2.75) is 0 Å². The van der Waals surface area contributed by atoms with Gasteiger partial charge < -0.3 is 0 Å². The van der Waals surface area contributed by atoms with Gasteiger partial charge in [0.25, 0.3) is 0 Å². The molecule has 0 spiro atoms. The number of nitrogens with one attached hydrogen (secondary N) is 3. The zero-order valence-electron chi connectivity index (χ0n) is 14.9. The highest BCUT2D eigenvalue weighted by molar-refractivity contribution is 6.05. The molecule has 132 valence electrons. The van der Waals surface area contributed by atoms with Gasteiger partial charge in [-0.3, -0.25) is 4.98 Å². The maximum absolute atomic E-state index is 4.80. The van der Waals surface area contributed by atoms with E-state index in [0.717, 1.165) is 11.3 Å². The van der Waals surface area contributed by atoms with Crippen LogP contribution in [0.3, 0.4) is 0 Å². The Hall–Kier alpha value is -2.41. The van der Waals surface area contributed by atoms with Crippen molar-refractivity contribution in [1.29, 1.82) is 0 Å². The van der Waals surface area contributed by atoms with E-state index in [1.54, 1.807) is 20.9 Å². The molecule has 2 aromatic rings. The molecule has 4 bridgehead atoms. The molecule has 6 nitrogen and oxygen atoms in total. The topological polar surface area (TPSA) is 50.9 Å². The van der Waals surface area contributed by atoms with Crippen LogP contribution < -0.4 is 14.7 Å². The van der Waals surface area contributed by atoms with Crippen LogP contribution in [0.2, 0.25) is 0 Å². The molecular weight excluding hydrogens is 324 g/mol. The van der Waals surface area contributed by atoms with Crippen molar-refractivity contribution in [2.75, 3.05) is 39.6 Å². The smallest absolute Gasteiger partial charge is 0.213 e. The maximum atomic E-state index is 4.80. The summed E-state index contributed by atoms with van der Waals surface area (Å²) in [5.74, 6) is 0. The lowest BCUT2D eigenvalue weighted by atomic mass is 9.74. The number of rotatable bonds is 4. The summed E-state index contributed by atoms with van der Waals surface area (Å²) in [4.78, 5) is 9.27. The van der Waals surface area contributed by atoms with Gasteiger partial charge in [0.2, 0.25) is 20.0 Å². The van der Waals surface area contributed by atoms with Crippen LogP contribution in [0.4, 0.5) is 0 Å². The molecule has 0 saturated carbocycles. The van der Waals surface area contributed by atoms with Crippen LogP contribution >= 0.6 is 0 Å². The van der Waals surface area contributed by atoms with Crippen molar-refractivity contribution < 1.29 is 14.7 Å². The first kappa shape index (κ1) is 15.8. The molecule has 4 aliphatic rings. The fraction of sp³-hybridized carbons (Fsp3) is 0.350. The number of pyridine rings is 1. The van der Waals surface area contributed by atoms with Crippen LogP contribution in [0.25, 0.3) is 0 Å². The zero-order valence-corrected chi connectivity index (χ0v) is 14.9. The second kappa shape index (κ2) is 6.39. The van der Waals surface area contributed by atoms with E-state index < -0.39 is 0 Å². The molecule has 4 fully saturated rings. The molecule has 0 amide bonds. The molecule has 4 aliphatic heterocycles. The third-order valence-electron chi connectivity index (χ3n) is 5.86. The van der Waals surface area contributed by atoms with E-state index in [1.807, 2.05) is 24.5 Å². The second-order valence-corrected chi connectivity index (χ2v) is 7.94. The average Bonchev–Trinajstić information content (AvgIpc) is 2.65. The molecule has 1 aromatic carbocycles. The summed E-state index contributed by atoms with van der Waals surface area (Å²) >= 11 is 0. The highest BCUT2D eigenvalue weighted by atomic mass is 15.5. The van der Waals surface area contributed by atoms with Crippen molar-refractivity contribution in [2.24, 2.45) is 15.6 Å². The summed E-state index contributed by atoms with van der Waals surface area (Å²) < 4.78 is 0. The lowest BCUT2D eigenvalue weighted by molar-refractivity contribution is -1.30. The van der Waals surface area contributed by atoms with E-state index in [4.69, 9.17) is 5.10 Å². The zero-order chi connectivity index (χ0) is 17.4. The summed E-state index contributed by atoms with van der Waals surface area (Å²) in [6, 6.07) is 14.5. The molecule has 0 atom stereocenters. The number of benzene rings is 1. The van der Waals surface area contributed by atoms with Crippen LogP contribution in [0.1, 0.15) is 11.1 Å². The summed E-state index contributed by atoms with van der Waals surface area (Å²) in [5, 5.41) is 9.27. The van der Waals surface area contributed by atoms with Crippen LogP contribution in [0.5, 0.6) is 0 Å². The average molecular weight is 349 g/mol. The van der Waals surface area contributed by atoms with Gasteiger partial charge in [-0.15, -0.1) is 0 Å². The molecule has 6 rings (SSSR count). The Morgan fingerprint density at radius 2 is 1.62 bits per heavy atom. The minimum atomic E-state index is 0.127. The van der Waals surface area contributed by atoms with E-state index >= 15 is 0 Å². The van der Waals surface area contributed by atoms with Crippen molar-refractivity contribution in [3.8, 4) is 0 Å². The molecule has 26 heavy (non-hydrogen) atoms. The summed E-state index contributed by atoms with van der Waals surface area (Å²) in [5.41, 5.74) is 3.47. The van der Waals surface area contributed by atoms with E-state index in [-0.39, 0.29) is 5.41 Å². The Kier molecular flexibility index (Phi) is 3.89. The van der Waals surface area contributed by atoms with Gasteiger partial charge in [0.1, 0.15) is 19.6 Å². The first-order valence-electron chi connectivity index (χ1n) is 9.38. The van der Waals surface area contributed by atoms with Crippen molar-refractivity contribution in [3.05, 3.63) is 66.0 Å². The van der Waals surface area contributed by atoms with Crippen LogP contribution in [-0.2, 0) is 0 Å². The Bertz CT molecular complexity index is 795. The number of quaternary nitrogens is 3. The molecule has 0 radical (unpaired) electrons. The van der Waals surface area contributed by atoms with Crippen LogP contribution in [0.15, 0.2) is 65.1 Å². The maximum Gasteiger partial charge on any atom is 0.213 e. The molecule has 3 N–H and O–H groups in total.